The summed E-state index contributed by atoms with van der Waals surface area (Å²) in [7, 11) is 1.99. The van der Waals surface area contributed by atoms with Gasteiger partial charge in [-0.15, -0.1) is 16.4 Å². The zero-order valence-corrected chi connectivity index (χ0v) is 23.0. The Kier molecular flexibility index (Phi) is 5.99. The number of hydrogen-bond acceptors (Lipinski definition) is 6. The molecule has 4 aromatic rings. The van der Waals surface area contributed by atoms with E-state index in [0.29, 0.717) is 27.2 Å². The molecule has 8 heteroatoms. The van der Waals surface area contributed by atoms with E-state index in [0.717, 1.165) is 16.9 Å². The molecular weight excluding hydrogens is 508 g/mol. The molecule has 3 aromatic carbocycles. The van der Waals surface area contributed by atoms with Crippen molar-refractivity contribution >= 4 is 45.8 Å². The second-order valence-electron chi connectivity index (χ2n) is 9.93. The van der Waals surface area contributed by atoms with E-state index in [2.05, 4.69) is 36.0 Å². The van der Waals surface area contributed by atoms with E-state index < -0.39 is 5.41 Å². The van der Waals surface area contributed by atoms with Crippen molar-refractivity contribution in [1.82, 2.24) is 4.57 Å². The summed E-state index contributed by atoms with van der Waals surface area (Å²) in [5.41, 5.74) is 4.09. The number of fused-ring (bicyclic) bond motifs is 1. The number of para-hydroxylation sites is 3. The second kappa shape index (κ2) is 9.39. The van der Waals surface area contributed by atoms with Crippen LogP contribution in [0.15, 0.2) is 94.8 Å². The van der Waals surface area contributed by atoms with Crippen molar-refractivity contribution in [2.75, 3.05) is 23.6 Å². The summed E-state index contributed by atoms with van der Waals surface area (Å²) in [6, 6.07) is 26.8. The lowest BCUT2D eigenvalue weighted by atomic mass is 9.84. The first-order chi connectivity index (χ1) is 18.8. The maximum absolute atomic E-state index is 14.3. The van der Waals surface area contributed by atoms with Gasteiger partial charge in [0, 0.05) is 18.2 Å². The Morgan fingerprint density at radius 1 is 0.872 bits per heavy atom. The molecule has 1 amide bonds. The molecule has 0 saturated carbocycles. The molecule has 2 aliphatic rings. The van der Waals surface area contributed by atoms with Gasteiger partial charge in [0.1, 0.15) is 14.8 Å². The Morgan fingerprint density at radius 3 is 2.13 bits per heavy atom. The Labute approximate surface area is 230 Å². The predicted molar refractivity (Wildman–Crippen MR) is 157 cm³/mol. The standard InChI is InChI=1S/C31H28N4O3S/c1-5-38-27-24(28(36)35(32-27)21-16-10-7-11-17-21)30-34(20-14-8-6-9-15-20)29(37)25(39-30)26-31(2,3)22-18-12-13-19-23(22)33(26)4/h6-19H,5H2,1-4H3. The quantitative estimate of drug-likeness (QED) is 0.397. The summed E-state index contributed by atoms with van der Waals surface area (Å²) in [6.45, 7) is 6.44. The molecule has 7 nitrogen and oxygen atoms in total. The highest BCUT2D eigenvalue weighted by molar-refractivity contribution is 7.08. The summed E-state index contributed by atoms with van der Waals surface area (Å²) in [5, 5.41) is 5.89. The molecule has 3 heterocycles. The molecule has 0 fully saturated rings. The molecule has 0 radical (unpaired) electrons. The van der Waals surface area contributed by atoms with E-state index in [-0.39, 0.29) is 22.9 Å². The molecule has 0 bridgehead atoms. The van der Waals surface area contributed by atoms with Crippen molar-refractivity contribution in [1.29, 1.82) is 0 Å². The number of amides is 1. The van der Waals surface area contributed by atoms with Crippen molar-refractivity contribution in [3.8, 4) is 5.69 Å². The highest BCUT2D eigenvalue weighted by Gasteiger charge is 2.41. The van der Waals surface area contributed by atoms with E-state index in [9.17, 15) is 9.59 Å². The Balaban J connectivity index is 1.71. The van der Waals surface area contributed by atoms with Gasteiger partial charge in [-0.1, -0.05) is 68.4 Å². The van der Waals surface area contributed by atoms with E-state index in [1.165, 1.54) is 16.3 Å². The summed E-state index contributed by atoms with van der Waals surface area (Å²) < 4.78 is 8.58. The third-order valence-corrected chi connectivity index (χ3v) is 8.35. The van der Waals surface area contributed by atoms with Crippen LogP contribution < -0.4 is 24.7 Å². The molecule has 0 saturated heterocycles. The van der Waals surface area contributed by atoms with Crippen LogP contribution in [0.25, 0.3) is 17.0 Å². The minimum absolute atomic E-state index is 0.182. The van der Waals surface area contributed by atoms with Gasteiger partial charge in [0.25, 0.3) is 11.5 Å². The number of likely N-dealkylation sites (N-methyl/N-ethyl adjacent to an activating group) is 1. The van der Waals surface area contributed by atoms with E-state index in [1.807, 2.05) is 86.8 Å². The number of hydrazone groups is 1. The Bertz CT molecular complexity index is 1800. The molecule has 6 rings (SSSR count). The smallest absolute Gasteiger partial charge is 0.287 e. The van der Waals surface area contributed by atoms with Gasteiger partial charge in [0.05, 0.1) is 23.7 Å². The fourth-order valence-corrected chi connectivity index (χ4v) is 6.87. The number of hydrogen-bond donors (Lipinski definition) is 0. The normalized spacial score (nSPS) is 18.9. The molecule has 39 heavy (non-hydrogen) atoms. The van der Waals surface area contributed by atoms with Crippen LogP contribution in [-0.2, 0) is 14.9 Å². The minimum Gasteiger partial charge on any atom is -0.476 e. The number of aromatic nitrogens is 1. The molecule has 2 aliphatic heterocycles. The maximum atomic E-state index is 14.3. The number of rotatable bonds is 3. The largest absolute Gasteiger partial charge is 0.476 e. The van der Waals surface area contributed by atoms with Crippen LogP contribution in [0.1, 0.15) is 26.3 Å². The fourth-order valence-electron chi connectivity index (χ4n) is 5.45. The monoisotopic (exact) mass is 536 g/mol. The number of carbonyl (C=O) groups is 1. The second-order valence-corrected chi connectivity index (χ2v) is 10.9. The molecule has 0 aliphatic carbocycles. The molecule has 196 valence electrons. The van der Waals surface area contributed by atoms with Crippen molar-refractivity contribution in [2.45, 2.75) is 26.2 Å². The molecule has 0 spiro atoms. The first-order valence-electron chi connectivity index (χ1n) is 12.9. The average Bonchev–Trinajstić information content (AvgIpc) is 3.51. The Hall–Kier alpha value is -4.43. The number of ether oxygens (including phenoxy) is 1. The van der Waals surface area contributed by atoms with Crippen molar-refractivity contribution < 1.29 is 9.53 Å². The molecule has 0 N–H and O–H groups in total. The molecule has 0 unspecified atom stereocenters. The molecule has 0 atom stereocenters. The maximum Gasteiger partial charge on any atom is 0.287 e. The zero-order valence-electron chi connectivity index (χ0n) is 22.2. The summed E-state index contributed by atoms with van der Waals surface area (Å²) in [6.07, 6.45) is 0. The predicted octanol–water partition coefficient (Wildman–Crippen LogP) is 3.98. The van der Waals surface area contributed by atoms with E-state index in [4.69, 9.17) is 4.74 Å². The summed E-state index contributed by atoms with van der Waals surface area (Å²) >= 11 is 1.31. The van der Waals surface area contributed by atoms with Gasteiger partial charge in [0.15, 0.2) is 0 Å². The van der Waals surface area contributed by atoms with Gasteiger partial charge in [-0.25, -0.2) is 0 Å². The molecular formula is C31H28N4O3S. The lowest BCUT2D eigenvalue weighted by Gasteiger charge is -2.23. The SMILES string of the molecule is CCOC1=NN(c2ccccc2)C(=O)C1=c1sc(=C2N(C)c3ccccc3C2(C)C)c(=O)n1-c1ccccc1. The van der Waals surface area contributed by atoms with Gasteiger partial charge in [-0.3, -0.25) is 14.2 Å². The van der Waals surface area contributed by atoms with E-state index >= 15 is 0 Å². The third-order valence-electron chi connectivity index (χ3n) is 7.20. The van der Waals surface area contributed by atoms with Gasteiger partial charge in [-0.2, -0.15) is 5.01 Å². The van der Waals surface area contributed by atoms with Crippen LogP contribution in [0.5, 0.6) is 0 Å². The highest BCUT2D eigenvalue weighted by atomic mass is 32.1. The highest BCUT2D eigenvalue weighted by Crippen LogP contribution is 2.46. The number of nitrogens with zero attached hydrogens (tertiary/aromatic N) is 4. The number of benzene rings is 3. The van der Waals surface area contributed by atoms with Crippen molar-refractivity contribution in [3.05, 3.63) is 110 Å². The van der Waals surface area contributed by atoms with Crippen LogP contribution in [0.3, 0.4) is 0 Å². The van der Waals surface area contributed by atoms with Crippen molar-refractivity contribution in [2.24, 2.45) is 5.10 Å². The number of carbonyl (C=O) groups excluding carboxylic acids is 1. The van der Waals surface area contributed by atoms with Gasteiger partial charge in [0.2, 0.25) is 5.90 Å². The summed E-state index contributed by atoms with van der Waals surface area (Å²) in [4.78, 5) is 30.4. The van der Waals surface area contributed by atoms with Crippen LogP contribution in [0.4, 0.5) is 11.4 Å². The number of anilines is 2. The molecule has 1 aromatic heterocycles. The lowest BCUT2D eigenvalue weighted by molar-refractivity contribution is -0.112. The zero-order chi connectivity index (χ0) is 27.3. The van der Waals surface area contributed by atoms with Crippen LogP contribution in [0, 0.1) is 0 Å². The van der Waals surface area contributed by atoms with Crippen LogP contribution >= 0.6 is 11.3 Å². The van der Waals surface area contributed by atoms with Gasteiger partial charge < -0.3 is 9.64 Å². The minimum atomic E-state index is -0.418. The first-order valence-corrected chi connectivity index (χ1v) is 13.7. The Morgan fingerprint density at radius 2 is 1.49 bits per heavy atom. The number of thiazole rings is 1. The van der Waals surface area contributed by atoms with Crippen LogP contribution in [-0.4, -0.2) is 30.0 Å². The average molecular weight is 537 g/mol. The third kappa shape index (κ3) is 3.82. The van der Waals surface area contributed by atoms with Gasteiger partial charge >= 0.3 is 0 Å². The fraction of sp³-hybridized carbons (Fsp3) is 0.194. The van der Waals surface area contributed by atoms with Crippen LogP contribution in [0.2, 0.25) is 0 Å². The van der Waals surface area contributed by atoms with Gasteiger partial charge in [-0.05, 0) is 42.8 Å². The lowest BCUT2D eigenvalue weighted by Crippen LogP contribution is -2.38. The first kappa shape index (κ1) is 24.9. The summed E-state index contributed by atoms with van der Waals surface area (Å²) in [5.74, 6) is -0.134. The van der Waals surface area contributed by atoms with E-state index in [1.54, 1.807) is 4.57 Å². The topological polar surface area (TPSA) is 67.1 Å². The van der Waals surface area contributed by atoms with Crippen molar-refractivity contribution in [3.63, 3.8) is 0 Å².